The van der Waals surface area contributed by atoms with Crippen molar-refractivity contribution in [1.82, 2.24) is 5.32 Å². The van der Waals surface area contributed by atoms with Crippen LogP contribution in [0.25, 0.3) is 0 Å². The maximum atomic E-state index is 11.6. The zero-order valence-electron chi connectivity index (χ0n) is 13.8. The first kappa shape index (κ1) is 18.0. The number of benzene rings is 1. The minimum atomic E-state index is -0.448. The van der Waals surface area contributed by atoms with Crippen LogP contribution in [-0.2, 0) is 14.3 Å². The van der Waals surface area contributed by atoms with Crippen LogP contribution < -0.4 is 10.1 Å². The lowest BCUT2D eigenvalue weighted by Gasteiger charge is -2.24. The van der Waals surface area contributed by atoms with E-state index in [2.05, 4.69) is 5.32 Å². The Bertz CT molecular complexity index is 494. The molecule has 122 valence electrons. The Labute approximate surface area is 132 Å². The van der Waals surface area contributed by atoms with Crippen molar-refractivity contribution in [1.29, 1.82) is 0 Å². The maximum Gasteiger partial charge on any atom is 0.309 e. The van der Waals surface area contributed by atoms with Crippen molar-refractivity contribution in [2.45, 2.75) is 46.1 Å². The number of rotatable bonds is 8. The van der Waals surface area contributed by atoms with E-state index >= 15 is 0 Å². The summed E-state index contributed by atoms with van der Waals surface area (Å²) in [5.41, 5.74) is 0.852. The number of nitrogens with one attached hydrogen (secondary N) is 1. The Hall–Kier alpha value is -2.04. The zero-order chi connectivity index (χ0) is 16.6. The fourth-order valence-electron chi connectivity index (χ4n) is 1.61. The van der Waals surface area contributed by atoms with E-state index in [1.807, 2.05) is 52.0 Å². The van der Waals surface area contributed by atoms with E-state index < -0.39 is 5.97 Å². The Balaban J connectivity index is 2.21. The smallest absolute Gasteiger partial charge is 0.309 e. The second-order valence-corrected chi connectivity index (χ2v) is 5.86. The van der Waals surface area contributed by atoms with Crippen LogP contribution >= 0.6 is 0 Å². The van der Waals surface area contributed by atoms with Crippen molar-refractivity contribution in [2.75, 3.05) is 13.2 Å². The minimum absolute atomic E-state index is 0.109. The largest absolute Gasteiger partial charge is 0.493 e. The summed E-state index contributed by atoms with van der Waals surface area (Å²) in [4.78, 5) is 23.2. The Morgan fingerprint density at radius 3 is 2.41 bits per heavy atom. The van der Waals surface area contributed by atoms with Gasteiger partial charge in [-0.05, 0) is 39.3 Å². The molecule has 0 aliphatic rings. The summed E-state index contributed by atoms with van der Waals surface area (Å²) in [6.07, 6.45) is 0.912. The van der Waals surface area contributed by atoms with Crippen molar-refractivity contribution in [3.05, 3.63) is 29.8 Å². The third-order valence-corrected chi connectivity index (χ3v) is 3.32. The first-order chi connectivity index (χ1) is 10.3. The molecule has 5 nitrogen and oxygen atoms in total. The number of amides is 1. The van der Waals surface area contributed by atoms with Crippen molar-refractivity contribution in [3.8, 4) is 5.75 Å². The number of esters is 1. The van der Waals surface area contributed by atoms with Crippen LogP contribution in [0.5, 0.6) is 5.75 Å². The molecule has 1 amide bonds. The number of hydrogen-bond acceptors (Lipinski definition) is 4. The van der Waals surface area contributed by atoms with Crippen molar-refractivity contribution < 1.29 is 19.1 Å². The third-order valence-electron chi connectivity index (χ3n) is 3.32. The fourth-order valence-corrected chi connectivity index (χ4v) is 1.61. The predicted octanol–water partition coefficient (Wildman–Crippen LogP) is 2.61. The van der Waals surface area contributed by atoms with Gasteiger partial charge in [0.05, 0.1) is 13.0 Å². The molecule has 0 aromatic heterocycles. The van der Waals surface area contributed by atoms with Gasteiger partial charge in [-0.1, -0.05) is 24.6 Å². The Morgan fingerprint density at radius 2 is 1.82 bits per heavy atom. The molecular weight excluding hydrogens is 282 g/mol. The van der Waals surface area contributed by atoms with Gasteiger partial charge in [0, 0.05) is 5.54 Å². The highest BCUT2D eigenvalue weighted by molar-refractivity contribution is 5.81. The van der Waals surface area contributed by atoms with Crippen LogP contribution in [0.15, 0.2) is 24.3 Å². The Morgan fingerprint density at radius 1 is 1.18 bits per heavy atom. The summed E-state index contributed by atoms with van der Waals surface area (Å²) in [6, 6.07) is 7.57. The van der Waals surface area contributed by atoms with Gasteiger partial charge in [0.15, 0.2) is 6.61 Å². The number of carbonyl (C=O) groups is 2. The highest BCUT2D eigenvalue weighted by Gasteiger charge is 2.18. The molecule has 0 aliphatic heterocycles. The highest BCUT2D eigenvalue weighted by Crippen LogP contribution is 2.11. The molecule has 0 fully saturated rings. The average molecular weight is 307 g/mol. The lowest BCUT2D eigenvalue weighted by molar-refractivity contribution is -0.149. The van der Waals surface area contributed by atoms with Gasteiger partial charge in [-0.25, -0.2) is 0 Å². The summed E-state index contributed by atoms with van der Waals surface area (Å²) in [6.45, 7) is 7.78. The fraction of sp³-hybridized carbons (Fsp3) is 0.529. The summed E-state index contributed by atoms with van der Waals surface area (Å²) < 4.78 is 10.4. The standard InChI is InChI=1S/C17H25NO4/c1-5-17(3,4)18-15(19)12-22-16(20)10-11-21-14-8-6-13(2)7-9-14/h6-9H,5,10-12H2,1-4H3,(H,18,19). The molecule has 0 radical (unpaired) electrons. The van der Waals surface area contributed by atoms with Crippen molar-refractivity contribution >= 4 is 11.9 Å². The molecule has 1 aromatic carbocycles. The lowest BCUT2D eigenvalue weighted by Crippen LogP contribution is -2.44. The van der Waals surface area contributed by atoms with Crippen LogP contribution in [0.3, 0.4) is 0 Å². The second-order valence-electron chi connectivity index (χ2n) is 5.86. The van der Waals surface area contributed by atoms with E-state index in [0.29, 0.717) is 5.75 Å². The van der Waals surface area contributed by atoms with E-state index in [0.717, 1.165) is 12.0 Å². The van der Waals surface area contributed by atoms with Gasteiger partial charge in [0.2, 0.25) is 0 Å². The van der Waals surface area contributed by atoms with Crippen molar-refractivity contribution in [3.63, 3.8) is 0 Å². The van der Waals surface area contributed by atoms with Gasteiger partial charge < -0.3 is 14.8 Å². The monoisotopic (exact) mass is 307 g/mol. The lowest BCUT2D eigenvalue weighted by atomic mass is 10.0. The normalized spacial score (nSPS) is 10.9. The molecule has 1 rings (SSSR count). The second kappa shape index (κ2) is 8.41. The van der Waals surface area contributed by atoms with Gasteiger partial charge >= 0.3 is 5.97 Å². The number of aryl methyl sites for hydroxylation is 1. The molecule has 0 saturated heterocycles. The first-order valence-corrected chi connectivity index (χ1v) is 7.48. The van der Waals surface area contributed by atoms with Gasteiger partial charge in [0.25, 0.3) is 5.91 Å². The molecule has 0 unspecified atom stereocenters. The molecule has 0 atom stereocenters. The van der Waals surface area contributed by atoms with Crippen LogP contribution in [-0.4, -0.2) is 30.6 Å². The molecular formula is C17H25NO4. The summed E-state index contributed by atoms with van der Waals surface area (Å²) in [7, 11) is 0. The molecule has 0 aliphatic carbocycles. The number of hydrogen-bond donors (Lipinski definition) is 1. The summed E-state index contributed by atoms with van der Waals surface area (Å²) in [5.74, 6) is -0.0305. The third kappa shape index (κ3) is 7.11. The SMILES string of the molecule is CCC(C)(C)NC(=O)COC(=O)CCOc1ccc(C)cc1. The van der Waals surface area contributed by atoms with E-state index in [9.17, 15) is 9.59 Å². The van der Waals surface area contributed by atoms with Gasteiger partial charge in [0.1, 0.15) is 5.75 Å². The molecule has 22 heavy (non-hydrogen) atoms. The summed E-state index contributed by atoms with van der Waals surface area (Å²) in [5, 5.41) is 2.80. The molecule has 0 spiro atoms. The van der Waals surface area contributed by atoms with E-state index in [-0.39, 0.29) is 31.1 Å². The minimum Gasteiger partial charge on any atom is -0.493 e. The van der Waals surface area contributed by atoms with Gasteiger partial charge in [-0.15, -0.1) is 0 Å². The predicted molar refractivity (Wildman–Crippen MR) is 84.8 cm³/mol. The van der Waals surface area contributed by atoms with Gasteiger partial charge in [-0.3, -0.25) is 9.59 Å². The number of carbonyl (C=O) groups excluding carboxylic acids is 2. The van der Waals surface area contributed by atoms with Crippen LogP contribution in [0.2, 0.25) is 0 Å². The van der Waals surface area contributed by atoms with E-state index in [1.54, 1.807) is 0 Å². The molecule has 0 saturated carbocycles. The summed E-state index contributed by atoms with van der Waals surface area (Å²) >= 11 is 0. The topological polar surface area (TPSA) is 64.6 Å². The molecule has 1 aromatic rings. The van der Waals surface area contributed by atoms with Gasteiger partial charge in [-0.2, -0.15) is 0 Å². The van der Waals surface area contributed by atoms with Crippen molar-refractivity contribution in [2.24, 2.45) is 0 Å². The highest BCUT2D eigenvalue weighted by atomic mass is 16.5. The molecule has 0 bridgehead atoms. The maximum absolute atomic E-state index is 11.6. The van der Waals surface area contributed by atoms with E-state index in [4.69, 9.17) is 9.47 Å². The first-order valence-electron chi connectivity index (χ1n) is 7.48. The average Bonchev–Trinajstić information content (AvgIpc) is 2.47. The number of ether oxygens (including phenoxy) is 2. The van der Waals surface area contributed by atoms with E-state index in [1.165, 1.54) is 0 Å². The van der Waals surface area contributed by atoms with Crippen LogP contribution in [0.1, 0.15) is 39.2 Å². The van der Waals surface area contributed by atoms with Crippen LogP contribution in [0, 0.1) is 6.92 Å². The van der Waals surface area contributed by atoms with Crippen LogP contribution in [0.4, 0.5) is 0 Å². The molecule has 1 N–H and O–H groups in total. The Kier molecular flexibility index (Phi) is 6.89. The molecule has 0 heterocycles. The zero-order valence-corrected chi connectivity index (χ0v) is 13.8. The molecule has 5 heteroatoms. The quantitative estimate of drug-likeness (QED) is 0.750.